The van der Waals surface area contributed by atoms with E-state index in [9.17, 15) is 0 Å². The van der Waals surface area contributed by atoms with Gasteiger partial charge >= 0.3 is 0 Å². The molecular weight excluding hydrogens is 364 g/mol. The Hall–Kier alpha value is -3.52. The van der Waals surface area contributed by atoms with Crippen LogP contribution in [0, 0.1) is 10.8 Å². The fraction of sp³-hybridized carbons (Fsp3) is 0.143. The number of pyridine rings is 2. The van der Waals surface area contributed by atoms with Gasteiger partial charge in [-0.05, 0) is 22.3 Å². The Morgan fingerprint density at radius 2 is 0.900 bits per heavy atom. The van der Waals surface area contributed by atoms with E-state index in [2.05, 4.69) is 133 Å². The van der Waals surface area contributed by atoms with Crippen LogP contribution in [-0.4, -0.2) is 0 Å². The molecule has 0 aromatic carbocycles. The van der Waals surface area contributed by atoms with Crippen LogP contribution in [0.3, 0.4) is 0 Å². The average Bonchev–Trinajstić information content (AvgIpc) is 2.79. The van der Waals surface area contributed by atoms with Crippen molar-refractivity contribution in [3.8, 4) is 0 Å². The molecule has 0 saturated heterocycles. The van der Waals surface area contributed by atoms with Crippen molar-refractivity contribution in [2.24, 2.45) is 10.8 Å². The summed E-state index contributed by atoms with van der Waals surface area (Å²) in [5, 5.41) is 0. The van der Waals surface area contributed by atoms with Crippen LogP contribution in [0.15, 0.2) is 132 Å². The molecule has 30 heavy (non-hydrogen) atoms. The highest BCUT2D eigenvalue weighted by Gasteiger charge is 2.57. The number of aromatic nitrogens is 2. The Labute approximate surface area is 177 Å². The summed E-state index contributed by atoms with van der Waals surface area (Å²) in [4.78, 5) is 0. The maximum absolute atomic E-state index is 2.41. The molecule has 4 aliphatic rings. The molecule has 2 nitrogen and oxygen atoms in total. The lowest BCUT2D eigenvalue weighted by atomic mass is 9.46. The van der Waals surface area contributed by atoms with Crippen LogP contribution in [0.4, 0.5) is 0 Å². The molecular formula is C28H24N2+2. The van der Waals surface area contributed by atoms with E-state index in [1.807, 2.05) is 0 Å². The zero-order valence-corrected chi connectivity index (χ0v) is 17.3. The van der Waals surface area contributed by atoms with Gasteiger partial charge in [0.2, 0.25) is 11.4 Å². The summed E-state index contributed by atoms with van der Waals surface area (Å²) in [7, 11) is 0. The number of allylic oxidation sites excluding steroid dienone is 14. The van der Waals surface area contributed by atoms with E-state index >= 15 is 0 Å². The van der Waals surface area contributed by atoms with Crippen molar-refractivity contribution in [2.75, 3.05) is 0 Å². The van der Waals surface area contributed by atoms with Gasteiger partial charge in [0.1, 0.15) is 0 Å². The second kappa shape index (κ2) is 5.99. The molecule has 144 valence electrons. The minimum atomic E-state index is -0.0834. The molecule has 2 heterocycles. The molecule has 2 aromatic rings. The van der Waals surface area contributed by atoms with Gasteiger partial charge in [-0.3, -0.25) is 0 Å². The summed E-state index contributed by atoms with van der Waals surface area (Å²) < 4.78 is 4.39. The molecule has 0 amide bonds. The molecule has 2 aromatic heterocycles. The lowest BCUT2D eigenvalue weighted by Crippen LogP contribution is -2.49. The molecule has 4 aliphatic carbocycles. The van der Waals surface area contributed by atoms with Crippen LogP contribution in [-0.2, 0) is 0 Å². The number of nitrogens with zero attached hydrogens (tertiary/aromatic N) is 2. The van der Waals surface area contributed by atoms with Crippen LogP contribution in [0.2, 0.25) is 0 Å². The van der Waals surface area contributed by atoms with Gasteiger partial charge in [-0.15, -0.1) is 0 Å². The molecule has 6 rings (SSSR count). The van der Waals surface area contributed by atoms with E-state index in [0.717, 1.165) is 0 Å². The molecule has 0 saturated carbocycles. The quantitative estimate of drug-likeness (QED) is 0.642. The first-order chi connectivity index (χ1) is 14.6. The summed E-state index contributed by atoms with van der Waals surface area (Å²) in [5.74, 6) is 0. The standard InChI is InChI=1S/C28H24N2/c1-27-21-9-11-23-19-26(30-15-7-4-8-16-30)20-24(28(23,27)2)12-10-22(27)18-25(17-21)29-13-5-3-6-14-29/h3-20H,1-2H3/q+2. The minimum Gasteiger partial charge on any atom is -0.167 e. The molecule has 2 unspecified atom stereocenters. The second-order valence-electron chi connectivity index (χ2n) is 8.73. The van der Waals surface area contributed by atoms with Gasteiger partial charge in [0, 0.05) is 59.4 Å². The van der Waals surface area contributed by atoms with Crippen molar-refractivity contribution >= 4 is 11.4 Å². The molecule has 0 aliphatic heterocycles. The van der Waals surface area contributed by atoms with Crippen LogP contribution < -0.4 is 9.13 Å². The smallest absolute Gasteiger partial charge is 0.167 e. The van der Waals surface area contributed by atoms with E-state index in [0.29, 0.717) is 0 Å². The average molecular weight is 389 g/mol. The Balaban J connectivity index is 1.57. The van der Waals surface area contributed by atoms with E-state index in [-0.39, 0.29) is 10.8 Å². The number of hydrogen-bond donors (Lipinski definition) is 0. The van der Waals surface area contributed by atoms with Gasteiger partial charge in [-0.25, -0.2) is 0 Å². The van der Waals surface area contributed by atoms with Crippen molar-refractivity contribution in [1.29, 1.82) is 0 Å². The number of rotatable bonds is 2. The van der Waals surface area contributed by atoms with Gasteiger partial charge in [0.05, 0.1) is 0 Å². The lowest BCUT2D eigenvalue weighted by Gasteiger charge is -2.55. The zero-order chi connectivity index (χ0) is 20.3. The summed E-state index contributed by atoms with van der Waals surface area (Å²) in [6, 6.07) is 12.4. The Morgan fingerprint density at radius 1 is 0.500 bits per heavy atom. The zero-order valence-electron chi connectivity index (χ0n) is 17.3. The van der Waals surface area contributed by atoms with Crippen molar-refractivity contribution in [3.63, 3.8) is 0 Å². The second-order valence-corrected chi connectivity index (χ2v) is 8.73. The molecule has 0 radical (unpaired) electrons. The maximum Gasteiger partial charge on any atom is 0.211 e. The monoisotopic (exact) mass is 388 g/mol. The maximum atomic E-state index is 2.41. The van der Waals surface area contributed by atoms with Crippen LogP contribution in [0.25, 0.3) is 11.4 Å². The third kappa shape index (κ3) is 2.14. The van der Waals surface area contributed by atoms with Gasteiger partial charge in [0.15, 0.2) is 24.8 Å². The summed E-state index contributed by atoms with van der Waals surface area (Å²) in [6.07, 6.45) is 27.1. The minimum absolute atomic E-state index is 0.0834. The molecule has 2 heteroatoms. The Morgan fingerprint density at radius 3 is 1.30 bits per heavy atom. The summed E-state index contributed by atoms with van der Waals surface area (Å²) >= 11 is 0. The molecule has 0 spiro atoms. The first-order valence-corrected chi connectivity index (χ1v) is 10.5. The normalized spacial score (nSPS) is 28.3. The van der Waals surface area contributed by atoms with Crippen LogP contribution in [0.5, 0.6) is 0 Å². The number of hydrogen-bond acceptors (Lipinski definition) is 0. The highest BCUT2D eigenvalue weighted by Crippen LogP contribution is 2.65. The molecule has 0 N–H and O–H groups in total. The first kappa shape index (κ1) is 17.3. The van der Waals surface area contributed by atoms with E-state index in [4.69, 9.17) is 0 Å². The van der Waals surface area contributed by atoms with Gasteiger partial charge in [-0.2, -0.15) is 9.13 Å². The Bertz CT molecular complexity index is 1180. The van der Waals surface area contributed by atoms with E-state index in [1.54, 1.807) is 0 Å². The van der Waals surface area contributed by atoms with E-state index < -0.39 is 0 Å². The van der Waals surface area contributed by atoms with Gasteiger partial charge in [0.25, 0.3) is 0 Å². The highest BCUT2D eigenvalue weighted by molar-refractivity contribution is 5.76. The first-order valence-electron chi connectivity index (χ1n) is 10.5. The third-order valence-electron chi connectivity index (χ3n) is 7.44. The largest absolute Gasteiger partial charge is 0.211 e. The topological polar surface area (TPSA) is 7.76 Å². The fourth-order valence-electron chi connectivity index (χ4n) is 5.44. The van der Waals surface area contributed by atoms with Crippen molar-refractivity contribution in [3.05, 3.63) is 132 Å². The van der Waals surface area contributed by atoms with Crippen molar-refractivity contribution in [1.82, 2.24) is 0 Å². The lowest BCUT2D eigenvalue weighted by molar-refractivity contribution is -0.579. The summed E-state index contributed by atoms with van der Waals surface area (Å²) in [6.45, 7) is 4.82. The molecule has 0 bridgehead atoms. The van der Waals surface area contributed by atoms with Crippen molar-refractivity contribution in [2.45, 2.75) is 13.8 Å². The SMILES string of the molecule is CC12C3=CC=C4C=C([n+]5ccccc5)C=C(C=CC1=CC([n+]1ccccc1)=C3)C42C. The van der Waals surface area contributed by atoms with Crippen molar-refractivity contribution < 1.29 is 9.13 Å². The van der Waals surface area contributed by atoms with Crippen LogP contribution >= 0.6 is 0 Å². The predicted molar refractivity (Wildman–Crippen MR) is 120 cm³/mol. The molecule has 0 fully saturated rings. The highest BCUT2D eigenvalue weighted by atomic mass is 15.0. The summed E-state index contributed by atoms with van der Waals surface area (Å²) in [5.41, 5.74) is 7.74. The van der Waals surface area contributed by atoms with Crippen LogP contribution in [0.1, 0.15) is 13.8 Å². The predicted octanol–water partition coefficient (Wildman–Crippen LogP) is 4.97. The third-order valence-corrected chi connectivity index (χ3v) is 7.44. The van der Waals surface area contributed by atoms with Gasteiger partial charge < -0.3 is 0 Å². The van der Waals surface area contributed by atoms with Gasteiger partial charge in [-0.1, -0.05) is 50.3 Å². The molecule has 2 atom stereocenters. The Kier molecular flexibility index (Phi) is 3.47. The fourth-order valence-corrected chi connectivity index (χ4v) is 5.44. The van der Waals surface area contributed by atoms with E-state index in [1.165, 1.54) is 33.7 Å².